The van der Waals surface area contributed by atoms with Crippen molar-refractivity contribution in [3.63, 3.8) is 0 Å². The zero-order chi connectivity index (χ0) is 15.3. The third-order valence-electron chi connectivity index (χ3n) is 2.98. The van der Waals surface area contributed by atoms with Crippen molar-refractivity contribution in [2.24, 2.45) is 11.7 Å². The van der Waals surface area contributed by atoms with Gasteiger partial charge in [0.25, 0.3) is 0 Å². The third kappa shape index (κ3) is 4.38. The van der Waals surface area contributed by atoms with E-state index >= 15 is 0 Å². The van der Waals surface area contributed by atoms with Crippen LogP contribution < -0.4 is 16.4 Å². The number of anilines is 1. The second-order valence-corrected chi connectivity index (χ2v) is 4.90. The fraction of sp³-hybridized carbons (Fsp3) is 0.385. The van der Waals surface area contributed by atoms with E-state index in [1.54, 1.807) is 0 Å². The van der Waals surface area contributed by atoms with Gasteiger partial charge in [0.2, 0.25) is 5.91 Å². The number of halogens is 2. The molecular weight excluding hydrogens is 285 g/mol. The first kappa shape index (κ1) is 16.2. The molecule has 3 amide bonds. The van der Waals surface area contributed by atoms with Crippen molar-refractivity contribution in [1.82, 2.24) is 5.32 Å². The number of urea groups is 1. The highest BCUT2D eigenvalue weighted by Gasteiger charge is 2.25. The second-order valence-electron chi connectivity index (χ2n) is 4.49. The van der Waals surface area contributed by atoms with Crippen LogP contribution in [0.4, 0.5) is 14.9 Å². The molecule has 20 heavy (non-hydrogen) atoms. The fourth-order valence-corrected chi connectivity index (χ4v) is 1.83. The van der Waals surface area contributed by atoms with Crippen LogP contribution >= 0.6 is 11.6 Å². The van der Waals surface area contributed by atoms with E-state index in [9.17, 15) is 14.0 Å². The molecule has 0 bridgehead atoms. The topological polar surface area (TPSA) is 84.2 Å². The predicted octanol–water partition coefficient (Wildman–Crippen LogP) is 2.50. The molecule has 1 aromatic carbocycles. The summed E-state index contributed by atoms with van der Waals surface area (Å²) in [4.78, 5) is 23.1. The maximum Gasteiger partial charge on any atom is 0.312 e. The van der Waals surface area contributed by atoms with Crippen LogP contribution in [0.1, 0.15) is 20.3 Å². The Hall–Kier alpha value is -1.82. The van der Waals surface area contributed by atoms with Crippen molar-refractivity contribution in [2.75, 3.05) is 5.32 Å². The minimum atomic E-state index is -0.775. The van der Waals surface area contributed by atoms with E-state index in [0.29, 0.717) is 12.1 Å². The Kier molecular flexibility index (Phi) is 5.76. The van der Waals surface area contributed by atoms with E-state index in [2.05, 4.69) is 10.6 Å². The first-order valence-corrected chi connectivity index (χ1v) is 6.54. The maximum atomic E-state index is 13.0. The summed E-state index contributed by atoms with van der Waals surface area (Å²) in [6.07, 6.45) is 0.683. The highest BCUT2D eigenvalue weighted by molar-refractivity contribution is 6.31. The van der Waals surface area contributed by atoms with Crippen LogP contribution in [-0.2, 0) is 4.79 Å². The van der Waals surface area contributed by atoms with Crippen molar-refractivity contribution in [2.45, 2.75) is 26.3 Å². The summed E-state index contributed by atoms with van der Waals surface area (Å²) in [5.74, 6) is -1.10. The van der Waals surface area contributed by atoms with Crippen LogP contribution in [0.25, 0.3) is 0 Å². The Labute approximate surface area is 121 Å². The molecule has 7 heteroatoms. The molecule has 5 nitrogen and oxygen atoms in total. The van der Waals surface area contributed by atoms with E-state index < -0.39 is 23.8 Å². The molecular formula is C13H17ClFN3O2. The summed E-state index contributed by atoms with van der Waals surface area (Å²) in [6.45, 7) is 3.71. The average Bonchev–Trinajstić information content (AvgIpc) is 2.39. The standard InChI is InChI=1S/C13H17ClFN3O2/c1-3-7(2)11(18-13(16)20)12(19)17-8-4-5-10(15)9(14)6-8/h4-7,11H,3H2,1-2H3,(H,17,19)(H3,16,18,20)/t7-,11+/m1/s1. The Bertz CT molecular complexity index is 510. The zero-order valence-electron chi connectivity index (χ0n) is 11.2. The molecule has 0 radical (unpaired) electrons. The van der Waals surface area contributed by atoms with Crippen LogP contribution in [0.2, 0.25) is 5.02 Å². The molecule has 2 atom stereocenters. The highest BCUT2D eigenvalue weighted by Crippen LogP contribution is 2.20. The van der Waals surface area contributed by atoms with E-state index in [0.717, 1.165) is 6.07 Å². The summed E-state index contributed by atoms with van der Waals surface area (Å²) in [6, 6.07) is 2.30. The summed E-state index contributed by atoms with van der Waals surface area (Å²) >= 11 is 5.63. The molecule has 0 aliphatic rings. The number of primary amides is 1. The summed E-state index contributed by atoms with van der Waals surface area (Å²) in [5, 5.41) is 4.87. The van der Waals surface area contributed by atoms with E-state index in [1.165, 1.54) is 12.1 Å². The van der Waals surface area contributed by atoms with E-state index in [4.69, 9.17) is 17.3 Å². The maximum absolute atomic E-state index is 13.0. The van der Waals surface area contributed by atoms with Gasteiger partial charge in [-0.3, -0.25) is 4.79 Å². The predicted molar refractivity (Wildman–Crippen MR) is 76.0 cm³/mol. The molecule has 4 N–H and O–H groups in total. The lowest BCUT2D eigenvalue weighted by atomic mass is 9.98. The van der Waals surface area contributed by atoms with Crippen molar-refractivity contribution in [1.29, 1.82) is 0 Å². The number of hydrogen-bond acceptors (Lipinski definition) is 2. The Balaban J connectivity index is 2.84. The van der Waals surface area contributed by atoms with Gasteiger partial charge in [0.05, 0.1) is 5.02 Å². The number of benzene rings is 1. The van der Waals surface area contributed by atoms with Crippen LogP contribution in [0, 0.1) is 11.7 Å². The first-order chi connectivity index (χ1) is 9.35. The molecule has 0 aliphatic heterocycles. The minimum absolute atomic E-state index is 0.0919. The van der Waals surface area contributed by atoms with Crippen molar-refractivity contribution < 1.29 is 14.0 Å². The molecule has 0 aliphatic carbocycles. The van der Waals surface area contributed by atoms with Gasteiger partial charge in [-0.15, -0.1) is 0 Å². The van der Waals surface area contributed by atoms with Crippen molar-refractivity contribution in [3.8, 4) is 0 Å². The lowest BCUT2D eigenvalue weighted by Gasteiger charge is -2.22. The summed E-state index contributed by atoms with van der Waals surface area (Å²) in [5.41, 5.74) is 5.41. The molecule has 0 saturated heterocycles. The molecule has 1 rings (SSSR count). The molecule has 0 fully saturated rings. The van der Waals surface area contributed by atoms with Crippen LogP contribution in [0.15, 0.2) is 18.2 Å². The van der Waals surface area contributed by atoms with Gasteiger partial charge in [0.15, 0.2) is 0 Å². The zero-order valence-corrected chi connectivity index (χ0v) is 12.0. The largest absolute Gasteiger partial charge is 0.352 e. The minimum Gasteiger partial charge on any atom is -0.352 e. The molecule has 0 spiro atoms. The average molecular weight is 302 g/mol. The normalized spacial score (nSPS) is 13.4. The van der Waals surface area contributed by atoms with Crippen molar-refractivity contribution in [3.05, 3.63) is 29.0 Å². The van der Waals surface area contributed by atoms with Crippen molar-refractivity contribution >= 4 is 29.2 Å². The molecule has 110 valence electrons. The number of rotatable bonds is 5. The summed E-state index contributed by atoms with van der Waals surface area (Å²) < 4.78 is 13.0. The third-order valence-corrected chi connectivity index (χ3v) is 3.27. The first-order valence-electron chi connectivity index (χ1n) is 6.17. The number of carbonyl (C=O) groups is 2. The quantitative estimate of drug-likeness (QED) is 0.780. The van der Waals surface area contributed by atoms with E-state index in [-0.39, 0.29) is 10.9 Å². The van der Waals surface area contributed by atoms with Gasteiger partial charge in [-0.1, -0.05) is 31.9 Å². The monoisotopic (exact) mass is 301 g/mol. The second kappa shape index (κ2) is 7.09. The van der Waals surface area contributed by atoms with Crippen LogP contribution in [0.3, 0.4) is 0 Å². The summed E-state index contributed by atoms with van der Waals surface area (Å²) in [7, 11) is 0. The Morgan fingerprint density at radius 2 is 2.10 bits per heavy atom. The Morgan fingerprint density at radius 1 is 1.45 bits per heavy atom. The van der Waals surface area contributed by atoms with Gasteiger partial charge < -0.3 is 16.4 Å². The van der Waals surface area contributed by atoms with Gasteiger partial charge in [-0.05, 0) is 24.1 Å². The van der Waals surface area contributed by atoms with Crippen LogP contribution in [-0.4, -0.2) is 18.0 Å². The molecule has 0 aromatic heterocycles. The lowest BCUT2D eigenvalue weighted by Crippen LogP contribution is -2.49. The van der Waals surface area contributed by atoms with Crippen LogP contribution in [0.5, 0.6) is 0 Å². The number of nitrogens with two attached hydrogens (primary N) is 1. The van der Waals surface area contributed by atoms with E-state index in [1.807, 2.05) is 13.8 Å². The SMILES string of the molecule is CC[C@@H](C)[C@H](NC(N)=O)C(=O)Nc1ccc(F)c(Cl)c1. The smallest absolute Gasteiger partial charge is 0.312 e. The number of amides is 3. The Morgan fingerprint density at radius 3 is 2.60 bits per heavy atom. The molecule has 0 saturated carbocycles. The molecule has 1 aromatic rings. The van der Waals surface area contributed by atoms with Gasteiger partial charge in [-0.25, -0.2) is 9.18 Å². The highest BCUT2D eigenvalue weighted by atomic mass is 35.5. The molecule has 0 heterocycles. The number of hydrogen-bond donors (Lipinski definition) is 3. The lowest BCUT2D eigenvalue weighted by molar-refractivity contribution is -0.119. The fourth-order valence-electron chi connectivity index (χ4n) is 1.65. The molecule has 0 unspecified atom stereocenters. The number of carbonyl (C=O) groups excluding carboxylic acids is 2. The van der Waals surface area contributed by atoms with Gasteiger partial charge in [0.1, 0.15) is 11.9 Å². The van der Waals surface area contributed by atoms with Gasteiger partial charge in [0, 0.05) is 5.69 Å². The van der Waals surface area contributed by atoms with Gasteiger partial charge >= 0.3 is 6.03 Å². The number of nitrogens with one attached hydrogen (secondary N) is 2. The van der Waals surface area contributed by atoms with Gasteiger partial charge in [-0.2, -0.15) is 0 Å².